The van der Waals surface area contributed by atoms with Crippen LogP contribution in [0.1, 0.15) is 46.5 Å². The largest absolute Gasteiger partial charge is 0.395 e. The topological polar surface area (TPSA) is 35.5 Å². The van der Waals surface area contributed by atoms with Gasteiger partial charge in [0.1, 0.15) is 0 Å². The second-order valence-corrected chi connectivity index (χ2v) is 6.39. The fourth-order valence-electron chi connectivity index (χ4n) is 3.19. The average molecular weight is 240 g/mol. The standard InChI is InChI=1S/C14H28N2O/c1-10(2)6-13(9-17)15-12-7-11(3)16(8-12)14-4-5-14/h10-15,17H,4-9H2,1-3H3. The number of hydrogen-bond acceptors (Lipinski definition) is 3. The van der Waals surface area contributed by atoms with Gasteiger partial charge in [-0.05, 0) is 38.5 Å². The summed E-state index contributed by atoms with van der Waals surface area (Å²) in [4.78, 5) is 2.65. The molecule has 1 aliphatic carbocycles. The molecule has 0 aromatic carbocycles. The molecule has 3 unspecified atom stereocenters. The predicted octanol–water partition coefficient (Wildman–Crippen LogP) is 1.61. The highest BCUT2D eigenvalue weighted by Crippen LogP contribution is 2.33. The van der Waals surface area contributed by atoms with Crippen molar-refractivity contribution < 1.29 is 5.11 Å². The normalized spacial score (nSPS) is 32.3. The van der Waals surface area contributed by atoms with Crippen LogP contribution >= 0.6 is 0 Å². The van der Waals surface area contributed by atoms with Crippen LogP contribution in [0.4, 0.5) is 0 Å². The molecule has 1 saturated heterocycles. The number of hydrogen-bond donors (Lipinski definition) is 2. The highest BCUT2D eigenvalue weighted by molar-refractivity contribution is 4.96. The van der Waals surface area contributed by atoms with Gasteiger partial charge in [0.25, 0.3) is 0 Å². The molecule has 3 nitrogen and oxygen atoms in total. The Hall–Kier alpha value is -0.120. The zero-order valence-electron chi connectivity index (χ0n) is 11.5. The van der Waals surface area contributed by atoms with Crippen molar-refractivity contribution in [2.75, 3.05) is 13.2 Å². The first kappa shape index (κ1) is 13.3. The minimum Gasteiger partial charge on any atom is -0.395 e. The lowest BCUT2D eigenvalue weighted by molar-refractivity contribution is 0.209. The summed E-state index contributed by atoms with van der Waals surface area (Å²) in [5, 5.41) is 13.1. The van der Waals surface area contributed by atoms with Gasteiger partial charge in [-0.3, -0.25) is 4.90 Å². The van der Waals surface area contributed by atoms with Gasteiger partial charge in [-0.2, -0.15) is 0 Å². The van der Waals surface area contributed by atoms with Crippen molar-refractivity contribution >= 4 is 0 Å². The van der Waals surface area contributed by atoms with Crippen molar-refractivity contribution in [3.63, 3.8) is 0 Å². The molecule has 0 amide bonds. The van der Waals surface area contributed by atoms with Crippen molar-refractivity contribution in [2.24, 2.45) is 5.92 Å². The minimum absolute atomic E-state index is 0.270. The van der Waals surface area contributed by atoms with Gasteiger partial charge < -0.3 is 10.4 Å². The van der Waals surface area contributed by atoms with Crippen LogP contribution in [0.2, 0.25) is 0 Å². The van der Waals surface area contributed by atoms with Gasteiger partial charge in [0, 0.05) is 30.7 Å². The molecule has 3 atom stereocenters. The summed E-state index contributed by atoms with van der Waals surface area (Å²) in [5.74, 6) is 0.651. The lowest BCUT2D eigenvalue weighted by Crippen LogP contribution is -2.43. The van der Waals surface area contributed by atoms with Crippen LogP contribution in [0.15, 0.2) is 0 Å². The summed E-state index contributed by atoms with van der Waals surface area (Å²) in [6, 6.07) is 2.46. The summed E-state index contributed by atoms with van der Waals surface area (Å²) in [5.41, 5.74) is 0. The molecule has 1 saturated carbocycles. The van der Waals surface area contributed by atoms with Crippen molar-refractivity contribution in [3.05, 3.63) is 0 Å². The van der Waals surface area contributed by atoms with Crippen LogP contribution < -0.4 is 5.32 Å². The second kappa shape index (κ2) is 5.68. The molecule has 2 aliphatic rings. The molecule has 1 aliphatic heterocycles. The number of nitrogens with zero attached hydrogens (tertiary/aromatic N) is 1. The summed E-state index contributed by atoms with van der Waals surface area (Å²) in [6.07, 6.45) is 5.11. The zero-order valence-corrected chi connectivity index (χ0v) is 11.5. The van der Waals surface area contributed by atoms with Gasteiger partial charge >= 0.3 is 0 Å². The molecular formula is C14H28N2O. The SMILES string of the molecule is CC(C)CC(CO)NC1CC(C)N(C2CC2)C1. The fraction of sp³-hybridized carbons (Fsp3) is 1.00. The number of aliphatic hydroxyl groups excluding tert-OH is 1. The van der Waals surface area contributed by atoms with E-state index in [9.17, 15) is 5.11 Å². The monoisotopic (exact) mass is 240 g/mol. The van der Waals surface area contributed by atoms with Crippen LogP contribution in [-0.4, -0.2) is 47.3 Å². The molecule has 17 heavy (non-hydrogen) atoms. The van der Waals surface area contributed by atoms with Crippen molar-refractivity contribution in [1.29, 1.82) is 0 Å². The number of likely N-dealkylation sites (tertiary alicyclic amines) is 1. The Morgan fingerprint density at radius 2 is 2.06 bits per heavy atom. The molecule has 3 heteroatoms. The molecule has 0 bridgehead atoms. The van der Waals surface area contributed by atoms with E-state index in [1.54, 1.807) is 0 Å². The van der Waals surface area contributed by atoms with Crippen molar-refractivity contribution in [3.8, 4) is 0 Å². The summed E-state index contributed by atoms with van der Waals surface area (Å²) < 4.78 is 0. The molecule has 0 aromatic rings. The predicted molar refractivity (Wildman–Crippen MR) is 71.1 cm³/mol. The van der Waals surface area contributed by atoms with Crippen LogP contribution in [-0.2, 0) is 0 Å². The maximum absolute atomic E-state index is 9.41. The van der Waals surface area contributed by atoms with E-state index in [1.165, 1.54) is 25.8 Å². The highest BCUT2D eigenvalue weighted by Gasteiger charge is 2.39. The van der Waals surface area contributed by atoms with E-state index in [0.717, 1.165) is 18.5 Å². The smallest absolute Gasteiger partial charge is 0.0584 e. The number of aliphatic hydroxyl groups is 1. The molecule has 0 spiro atoms. The third-order valence-electron chi connectivity index (χ3n) is 4.09. The van der Waals surface area contributed by atoms with Gasteiger partial charge in [-0.15, -0.1) is 0 Å². The Labute approximate surface area is 106 Å². The Balaban J connectivity index is 1.78. The minimum atomic E-state index is 0.270. The maximum Gasteiger partial charge on any atom is 0.0584 e. The molecule has 2 fully saturated rings. The number of nitrogens with one attached hydrogen (secondary N) is 1. The molecule has 2 N–H and O–H groups in total. The maximum atomic E-state index is 9.41. The molecule has 100 valence electrons. The number of rotatable bonds is 6. The molecule has 0 aromatic heterocycles. The molecular weight excluding hydrogens is 212 g/mol. The second-order valence-electron chi connectivity index (χ2n) is 6.39. The summed E-state index contributed by atoms with van der Waals surface area (Å²) >= 11 is 0. The van der Waals surface area contributed by atoms with Gasteiger partial charge in [0.2, 0.25) is 0 Å². The van der Waals surface area contributed by atoms with E-state index in [1.807, 2.05) is 0 Å². The summed E-state index contributed by atoms with van der Waals surface area (Å²) in [6.45, 7) is 8.24. The van der Waals surface area contributed by atoms with E-state index < -0.39 is 0 Å². The van der Waals surface area contributed by atoms with Gasteiger partial charge in [-0.1, -0.05) is 13.8 Å². The van der Waals surface area contributed by atoms with Gasteiger partial charge in [-0.25, -0.2) is 0 Å². The fourth-order valence-corrected chi connectivity index (χ4v) is 3.19. The Kier molecular flexibility index (Phi) is 4.45. The third kappa shape index (κ3) is 3.67. The quantitative estimate of drug-likeness (QED) is 0.740. The first-order valence-electron chi connectivity index (χ1n) is 7.22. The first-order chi connectivity index (χ1) is 8.10. The first-order valence-corrected chi connectivity index (χ1v) is 7.22. The Morgan fingerprint density at radius 3 is 2.59 bits per heavy atom. The van der Waals surface area contributed by atoms with Crippen LogP contribution in [0.5, 0.6) is 0 Å². The lowest BCUT2D eigenvalue weighted by Gasteiger charge is -2.23. The average Bonchev–Trinajstić information content (AvgIpc) is 3.02. The van der Waals surface area contributed by atoms with Gasteiger partial charge in [0.15, 0.2) is 0 Å². The molecule has 1 heterocycles. The van der Waals surface area contributed by atoms with E-state index in [2.05, 4.69) is 31.0 Å². The van der Waals surface area contributed by atoms with Crippen LogP contribution in [0.25, 0.3) is 0 Å². The van der Waals surface area contributed by atoms with Crippen molar-refractivity contribution in [1.82, 2.24) is 10.2 Å². The van der Waals surface area contributed by atoms with E-state index in [0.29, 0.717) is 12.0 Å². The van der Waals surface area contributed by atoms with Crippen molar-refractivity contribution in [2.45, 2.75) is 70.6 Å². The van der Waals surface area contributed by atoms with Crippen LogP contribution in [0, 0.1) is 5.92 Å². The Morgan fingerprint density at radius 1 is 1.35 bits per heavy atom. The van der Waals surface area contributed by atoms with Gasteiger partial charge in [0.05, 0.1) is 6.61 Å². The lowest BCUT2D eigenvalue weighted by atomic mass is 10.0. The van der Waals surface area contributed by atoms with E-state index >= 15 is 0 Å². The highest BCUT2D eigenvalue weighted by atomic mass is 16.3. The third-order valence-corrected chi connectivity index (χ3v) is 4.09. The summed E-state index contributed by atoms with van der Waals surface area (Å²) in [7, 11) is 0. The molecule has 0 radical (unpaired) electrons. The Bertz CT molecular complexity index is 240. The van der Waals surface area contributed by atoms with E-state index in [4.69, 9.17) is 0 Å². The van der Waals surface area contributed by atoms with Crippen LogP contribution in [0.3, 0.4) is 0 Å². The van der Waals surface area contributed by atoms with E-state index in [-0.39, 0.29) is 12.6 Å². The zero-order chi connectivity index (χ0) is 12.4. The molecule has 2 rings (SSSR count).